The van der Waals surface area contributed by atoms with Gasteiger partial charge in [0.05, 0.1) is 12.6 Å². The van der Waals surface area contributed by atoms with Crippen LogP contribution in [0.15, 0.2) is 43.1 Å². The van der Waals surface area contributed by atoms with Gasteiger partial charge >= 0.3 is 12.1 Å². The molecular weight excluding hydrogens is 412 g/mol. The molecule has 2 rings (SSSR count). The molecule has 0 aliphatic carbocycles. The molecule has 0 radical (unpaired) electrons. The summed E-state index contributed by atoms with van der Waals surface area (Å²) >= 11 is 0. The number of fused-ring (bicyclic) bond motifs is 1. The van der Waals surface area contributed by atoms with Gasteiger partial charge in [0.25, 0.3) is 0 Å². The molecule has 0 bridgehead atoms. The van der Waals surface area contributed by atoms with E-state index in [9.17, 15) is 9.59 Å². The lowest BCUT2D eigenvalue weighted by Gasteiger charge is -2.28. The van der Waals surface area contributed by atoms with Crippen molar-refractivity contribution in [2.45, 2.75) is 57.9 Å². The van der Waals surface area contributed by atoms with Gasteiger partial charge in [-0.3, -0.25) is 0 Å². The number of nitrogens with zero attached hydrogens (tertiary/aromatic N) is 1. The highest BCUT2D eigenvalue weighted by molar-refractivity contribution is 5.87. The van der Waals surface area contributed by atoms with E-state index in [1.54, 1.807) is 20.8 Å². The number of methoxy groups -OCH3 is 2. The largest absolute Gasteiger partial charge is 0.467 e. The standard InChI is InChI=1S/C24H34N2O6/c1-9-24(5,6)26-14-17(16-12-10-11-13-18(16)26)20(31-15-29-7)19(21(27)30-8)25-22(28)32-23(2,3)4/h9-14,19-20H,1,15H2,2-8H3,(H,25,28)/t19-,20+/m0/s1. The number of amides is 1. The van der Waals surface area contributed by atoms with Crippen molar-refractivity contribution >= 4 is 23.0 Å². The van der Waals surface area contributed by atoms with E-state index in [0.29, 0.717) is 5.56 Å². The average Bonchev–Trinajstić information content (AvgIpc) is 3.11. The Hall–Kier alpha value is -2.84. The molecule has 0 aliphatic heterocycles. The number of hydrogen-bond donors (Lipinski definition) is 1. The quantitative estimate of drug-likeness (QED) is 0.351. The molecule has 1 aromatic heterocycles. The molecule has 2 atom stereocenters. The van der Waals surface area contributed by atoms with Crippen molar-refractivity contribution in [3.63, 3.8) is 0 Å². The Morgan fingerprint density at radius 3 is 2.38 bits per heavy atom. The van der Waals surface area contributed by atoms with Crippen LogP contribution >= 0.6 is 0 Å². The van der Waals surface area contributed by atoms with Gasteiger partial charge in [-0.25, -0.2) is 9.59 Å². The number of allylic oxidation sites excluding steroid dienone is 1. The summed E-state index contributed by atoms with van der Waals surface area (Å²) in [4.78, 5) is 25.3. The van der Waals surface area contributed by atoms with Crippen LogP contribution in [-0.2, 0) is 29.3 Å². The number of carbonyl (C=O) groups is 2. The predicted molar refractivity (Wildman–Crippen MR) is 122 cm³/mol. The fourth-order valence-corrected chi connectivity index (χ4v) is 3.33. The Kier molecular flexibility index (Phi) is 8.09. The number of hydrogen-bond acceptors (Lipinski definition) is 6. The van der Waals surface area contributed by atoms with Crippen LogP contribution in [0.1, 0.15) is 46.3 Å². The van der Waals surface area contributed by atoms with Crippen LogP contribution in [0.5, 0.6) is 0 Å². The van der Waals surface area contributed by atoms with Gasteiger partial charge in [-0.2, -0.15) is 0 Å². The van der Waals surface area contributed by atoms with Gasteiger partial charge in [-0.05, 0) is 40.7 Å². The molecule has 0 spiro atoms. The van der Waals surface area contributed by atoms with E-state index in [1.165, 1.54) is 14.2 Å². The summed E-state index contributed by atoms with van der Waals surface area (Å²) in [6.45, 7) is 13.1. The molecule has 1 N–H and O–H groups in total. The zero-order valence-corrected chi connectivity index (χ0v) is 19.9. The molecule has 1 aromatic carbocycles. The minimum Gasteiger partial charge on any atom is -0.467 e. The number of alkyl carbamates (subject to hydrolysis) is 1. The van der Waals surface area contributed by atoms with Crippen LogP contribution in [-0.4, -0.2) is 49.3 Å². The van der Waals surface area contributed by atoms with Crippen molar-refractivity contribution in [1.29, 1.82) is 0 Å². The molecule has 1 heterocycles. The number of carbonyl (C=O) groups excluding carboxylic acids is 2. The molecule has 8 nitrogen and oxygen atoms in total. The van der Waals surface area contributed by atoms with E-state index < -0.39 is 35.3 Å². The minimum atomic E-state index is -1.17. The summed E-state index contributed by atoms with van der Waals surface area (Å²) in [6, 6.07) is 6.58. The highest BCUT2D eigenvalue weighted by Crippen LogP contribution is 2.35. The maximum Gasteiger partial charge on any atom is 0.408 e. The fraction of sp³-hybridized carbons (Fsp3) is 0.500. The Morgan fingerprint density at radius 2 is 1.81 bits per heavy atom. The first-order chi connectivity index (χ1) is 14.9. The molecule has 1 amide bonds. The number of benzene rings is 1. The van der Waals surface area contributed by atoms with E-state index in [1.807, 2.05) is 50.4 Å². The van der Waals surface area contributed by atoms with Crippen LogP contribution in [0, 0.1) is 0 Å². The van der Waals surface area contributed by atoms with Crippen molar-refractivity contribution in [2.75, 3.05) is 21.0 Å². The SMILES string of the molecule is C=CC(C)(C)n1cc([C@@H](OCOC)[C@H](NC(=O)OC(C)(C)C)C(=O)OC)c2ccccc21. The third kappa shape index (κ3) is 5.89. The van der Waals surface area contributed by atoms with E-state index >= 15 is 0 Å². The van der Waals surface area contributed by atoms with Crippen LogP contribution in [0.2, 0.25) is 0 Å². The van der Waals surface area contributed by atoms with Crippen molar-refractivity contribution in [3.05, 3.63) is 48.7 Å². The summed E-state index contributed by atoms with van der Waals surface area (Å²) in [6.07, 6.45) is 2.08. The maximum absolute atomic E-state index is 12.8. The summed E-state index contributed by atoms with van der Waals surface area (Å²) in [5, 5.41) is 3.48. The normalized spacial score (nSPS) is 14.0. The Labute approximate surface area is 189 Å². The summed E-state index contributed by atoms with van der Waals surface area (Å²) < 4.78 is 23.4. The number of esters is 1. The Bertz CT molecular complexity index is 957. The van der Waals surface area contributed by atoms with Crippen LogP contribution in [0.25, 0.3) is 10.9 Å². The lowest BCUT2D eigenvalue weighted by molar-refractivity contribution is -0.152. The number of nitrogens with one attached hydrogen (secondary N) is 1. The molecule has 0 fully saturated rings. The van der Waals surface area contributed by atoms with Crippen molar-refractivity contribution in [3.8, 4) is 0 Å². The molecule has 0 unspecified atom stereocenters. The van der Waals surface area contributed by atoms with Gasteiger partial charge in [-0.15, -0.1) is 6.58 Å². The fourth-order valence-electron chi connectivity index (χ4n) is 3.33. The Balaban J connectivity index is 2.62. The van der Waals surface area contributed by atoms with Gasteiger partial charge < -0.3 is 28.8 Å². The molecule has 8 heteroatoms. The van der Waals surface area contributed by atoms with Crippen LogP contribution in [0.3, 0.4) is 0 Å². The van der Waals surface area contributed by atoms with E-state index in [2.05, 4.69) is 16.5 Å². The maximum atomic E-state index is 12.8. The van der Waals surface area contributed by atoms with Crippen molar-refractivity contribution in [2.24, 2.45) is 0 Å². The lowest BCUT2D eigenvalue weighted by Crippen LogP contribution is -2.48. The lowest BCUT2D eigenvalue weighted by atomic mass is 10.0. The monoisotopic (exact) mass is 446 g/mol. The Morgan fingerprint density at radius 1 is 1.16 bits per heavy atom. The number of rotatable bonds is 9. The van der Waals surface area contributed by atoms with Gasteiger partial charge in [0, 0.05) is 29.8 Å². The molecule has 0 saturated carbocycles. The second-order valence-electron chi connectivity index (χ2n) is 8.97. The topological polar surface area (TPSA) is 88.0 Å². The predicted octanol–water partition coefficient (Wildman–Crippen LogP) is 4.29. The molecule has 32 heavy (non-hydrogen) atoms. The first-order valence-corrected chi connectivity index (χ1v) is 10.4. The summed E-state index contributed by atoms with van der Waals surface area (Å²) in [5.74, 6) is -0.670. The molecule has 2 aromatic rings. The highest BCUT2D eigenvalue weighted by atomic mass is 16.7. The third-order valence-corrected chi connectivity index (χ3v) is 4.97. The van der Waals surface area contributed by atoms with E-state index in [0.717, 1.165) is 10.9 Å². The zero-order chi connectivity index (χ0) is 24.1. The minimum absolute atomic E-state index is 0.0987. The molecule has 0 saturated heterocycles. The molecule has 176 valence electrons. The summed E-state index contributed by atoms with van der Waals surface area (Å²) in [5.41, 5.74) is 0.471. The first-order valence-electron chi connectivity index (χ1n) is 10.4. The second-order valence-corrected chi connectivity index (χ2v) is 8.97. The van der Waals surface area contributed by atoms with Crippen molar-refractivity contribution in [1.82, 2.24) is 9.88 Å². The molecular formula is C24H34N2O6. The van der Waals surface area contributed by atoms with Crippen molar-refractivity contribution < 1.29 is 28.5 Å². The summed E-state index contributed by atoms with van der Waals surface area (Å²) in [7, 11) is 2.74. The molecule has 0 aliphatic rings. The van der Waals surface area contributed by atoms with Crippen LogP contribution in [0.4, 0.5) is 4.79 Å². The highest BCUT2D eigenvalue weighted by Gasteiger charge is 2.37. The number of aromatic nitrogens is 1. The van der Waals surface area contributed by atoms with Gasteiger partial charge in [0.1, 0.15) is 18.5 Å². The first kappa shape index (κ1) is 25.4. The van der Waals surface area contributed by atoms with E-state index in [4.69, 9.17) is 18.9 Å². The zero-order valence-electron chi connectivity index (χ0n) is 19.9. The smallest absolute Gasteiger partial charge is 0.408 e. The second kappa shape index (κ2) is 10.2. The van der Waals surface area contributed by atoms with Crippen LogP contribution < -0.4 is 5.32 Å². The van der Waals surface area contributed by atoms with Gasteiger partial charge in [-0.1, -0.05) is 24.3 Å². The number of para-hydroxylation sites is 1. The average molecular weight is 447 g/mol. The van der Waals surface area contributed by atoms with Gasteiger partial charge in [0.15, 0.2) is 6.04 Å². The number of ether oxygens (including phenoxy) is 4. The van der Waals surface area contributed by atoms with E-state index in [-0.39, 0.29) is 6.79 Å². The van der Waals surface area contributed by atoms with Gasteiger partial charge in [0.2, 0.25) is 0 Å². The third-order valence-electron chi connectivity index (χ3n) is 4.97.